The molecule has 1 aromatic heterocycles. The Morgan fingerprint density at radius 2 is 2.17 bits per heavy atom. The topological polar surface area (TPSA) is 77.4 Å². The first-order valence-electron chi connectivity index (χ1n) is 8.63. The number of hydrogen-bond donors (Lipinski definition) is 2. The number of nitrogens with zero attached hydrogens (tertiary/aromatic N) is 2. The van der Waals surface area contributed by atoms with Gasteiger partial charge in [-0.25, -0.2) is 14.9 Å². The van der Waals surface area contributed by atoms with Crippen LogP contribution in [0, 0.1) is 5.82 Å². The summed E-state index contributed by atoms with van der Waals surface area (Å²) in [7, 11) is 7.71. The van der Waals surface area contributed by atoms with Crippen LogP contribution < -0.4 is 16.3 Å². The number of hydroxylamine groups is 1. The highest BCUT2D eigenvalue weighted by Gasteiger charge is 2.22. The summed E-state index contributed by atoms with van der Waals surface area (Å²) in [5.41, 5.74) is 3.13. The second-order valence-corrected chi connectivity index (χ2v) is 7.45. The normalized spacial score (nSPS) is 10.8. The van der Waals surface area contributed by atoms with Gasteiger partial charge in [0.1, 0.15) is 26.6 Å². The Kier molecular flexibility index (Phi) is 7.01. The standard InChI is InChI=1S/C19H16BBrClFN4O3/c1-3-29-4-5-30-26-19(28)11-8-14-18(24-9-27(14)2)15(23)16(11)25-17-12(20)6-10(21)7-13(17)22/h3,6-9,25H,1,4-5H2,2H3,(H,26,28). The minimum atomic E-state index is -0.730. The average Bonchev–Trinajstić information content (AvgIpc) is 3.06. The molecule has 0 aliphatic rings. The van der Waals surface area contributed by atoms with E-state index in [9.17, 15) is 4.79 Å². The second kappa shape index (κ2) is 9.50. The number of imidazole rings is 1. The molecule has 0 aliphatic heterocycles. The molecule has 11 heteroatoms. The van der Waals surface area contributed by atoms with Gasteiger partial charge in [0.05, 0.1) is 40.1 Å². The highest BCUT2D eigenvalue weighted by atomic mass is 79.9. The quantitative estimate of drug-likeness (QED) is 0.218. The predicted molar refractivity (Wildman–Crippen MR) is 118 cm³/mol. The van der Waals surface area contributed by atoms with Gasteiger partial charge < -0.3 is 14.6 Å². The predicted octanol–water partition coefficient (Wildman–Crippen LogP) is 3.49. The summed E-state index contributed by atoms with van der Waals surface area (Å²) in [6.45, 7) is 3.67. The maximum absolute atomic E-state index is 15.3. The van der Waals surface area contributed by atoms with Crippen molar-refractivity contribution in [2.24, 2.45) is 7.05 Å². The molecule has 0 fully saturated rings. The summed E-state index contributed by atoms with van der Waals surface area (Å²) in [5.74, 6) is -1.41. The fourth-order valence-corrected chi connectivity index (χ4v) is 3.60. The van der Waals surface area contributed by atoms with Gasteiger partial charge in [0, 0.05) is 11.5 Å². The van der Waals surface area contributed by atoms with E-state index in [1.807, 2.05) is 0 Å². The molecule has 0 atom stereocenters. The van der Waals surface area contributed by atoms with Crippen molar-refractivity contribution in [3.05, 3.63) is 58.2 Å². The van der Waals surface area contributed by atoms with Crippen molar-refractivity contribution in [2.75, 3.05) is 18.5 Å². The van der Waals surface area contributed by atoms with Crippen molar-refractivity contribution in [3.8, 4) is 0 Å². The van der Waals surface area contributed by atoms with Crippen LogP contribution in [0.5, 0.6) is 0 Å². The third-order valence-corrected chi connectivity index (χ3v) is 4.88. The SMILES string of the molecule is [B]c1cc(Br)cc(Cl)c1Nc1c(C(=O)NOCCOC=C)cc2c(ncn2C)c1F. The zero-order valence-electron chi connectivity index (χ0n) is 15.8. The average molecular weight is 494 g/mol. The van der Waals surface area contributed by atoms with Gasteiger partial charge in [0.2, 0.25) is 0 Å². The van der Waals surface area contributed by atoms with E-state index in [0.29, 0.717) is 9.99 Å². The van der Waals surface area contributed by atoms with Crippen LogP contribution in [0.25, 0.3) is 11.0 Å². The van der Waals surface area contributed by atoms with E-state index in [-0.39, 0.29) is 46.2 Å². The molecule has 3 aromatic rings. The Balaban J connectivity index is 2.01. The first kappa shape index (κ1) is 22.1. The van der Waals surface area contributed by atoms with Gasteiger partial charge in [0.25, 0.3) is 5.91 Å². The van der Waals surface area contributed by atoms with Crippen LogP contribution in [0.15, 0.2) is 41.8 Å². The third-order valence-electron chi connectivity index (χ3n) is 4.13. The smallest absolute Gasteiger partial charge is 0.277 e. The van der Waals surface area contributed by atoms with Crippen molar-refractivity contribution in [1.82, 2.24) is 15.0 Å². The van der Waals surface area contributed by atoms with Crippen LogP contribution in [0.2, 0.25) is 5.02 Å². The molecule has 0 spiro atoms. The molecule has 3 rings (SSSR count). The van der Waals surface area contributed by atoms with Gasteiger partial charge >= 0.3 is 0 Å². The number of fused-ring (bicyclic) bond motifs is 1. The molecule has 0 saturated carbocycles. The van der Waals surface area contributed by atoms with E-state index in [4.69, 9.17) is 29.0 Å². The summed E-state index contributed by atoms with van der Waals surface area (Å²) >= 11 is 9.55. The van der Waals surface area contributed by atoms with E-state index in [2.05, 4.69) is 38.3 Å². The summed E-state index contributed by atoms with van der Waals surface area (Å²) in [4.78, 5) is 21.9. The summed E-state index contributed by atoms with van der Waals surface area (Å²) in [5, 5.41) is 3.08. The number of hydrogen-bond acceptors (Lipinski definition) is 5. The molecule has 2 N–H and O–H groups in total. The number of aromatic nitrogens is 2. The number of benzene rings is 2. The van der Waals surface area contributed by atoms with E-state index in [1.54, 1.807) is 23.7 Å². The highest BCUT2D eigenvalue weighted by Crippen LogP contribution is 2.33. The molecule has 7 nitrogen and oxygen atoms in total. The lowest BCUT2D eigenvalue weighted by Gasteiger charge is -2.17. The van der Waals surface area contributed by atoms with E-state index < -0.39 is 11.7 Å². The van der Waals surface area contributed by atoms with Gasteiger partial charge in [-0.05, 0) is 12.1 Å². The molecule has 0 aliphatic carbocycles. The number of halogens is 3. The zero-order valence-corrected chi connectivity index (χ0v) is 18.2. The van der Waals surface area contributed by atoms with Gasteiger partial charge in [0.15, 0.2) is 5.82 Å². The minimum absolute atomic E-state index is 0.0216. The Morgan fingerprint density at radius 1 is 1.40 bits per heavy atom. The number of anilines is 2. The fourth-order valence-electron chi connectivity index (χ4n) is 2.72. The number of carbonyl (C=O) groups excluding carboxylic acids is 1. The molecule has 2 radical (unpaired) electrons. The molecule has 30 heavy (non-hydrogen) atoms. The van der Waals surface area contributed by atoms with Crippen molar-refractivity contribution >= 4 is 69.2 Å². The third kappa shape index (κ3) is 4.61. The Morgan fingerprint density at radius 3 is 2.87 bits per heavy atom. The molecular formula is C19H16BBrClFN4O3. The van der Waals surface area contributed by atoms with Crippen LogP contribution in [0.1, 0.15) is 10.4 Å². The van der Waals surface area contributed by atoms with E-state index >= 15 is 4.39 Å². The van der Waals surface area contributed by atoms with Crippen LogP contribution >= 0.6 is 27.5 Å². The number of ether oxygens (including phenoxy) is 1. The molecular weight excluding hydrogens is 477 g/mol. The first-order chi connectivity index (χ1) is 14.3. The number of rotatable bonds is 8. The Bertz CT molecular complexity index is 1100. The Labute approximate surface area is 186 Å². The minimum Gasteiger partial charge on any atom is -0.499 e. The molecule has 1 amide bonds. The first-order valence-corrected chi connectivity index (χ1v) is 9.80. The summed E-state index contributed by atoms with van der Waals surface area (Å²) in [6, 6.07) is 4.70. The molecule has 1 heterocycles. The van der Waals surface area contributed by atoms with Crippen LogP contribution in [0.4, 0.5) is 15.8 Å². The Hall–Kier alpha value is -2.56. The number of aryl methyl sites for hydroxylation is 1. The van der Waals surface area contributed by atoms with Gasteiger partial charge in [-0.2, -0.15) is 0 Å². The molecule has 154 valence electrons. The number of carbonyl (C=O) groups is 1. The van der Waals surface area contributed by atoms with Crippen molar-refractivity contribution < 1.29 is 18.8 Å². The van der Waals surface area contributed by atoms with Crippen molar-refractivity contribution in [3.63, 3.8) is 0 Å². The lowest BCUT2D eigenvalue weighted by molar-refractivity contribution is 0.0145. The van der Waals surface area contributed by atoms with Crippen molar-refractivity contribution in [1.29, 1.82) is 0 Å². The monoisotopic (exact) mass is 492 g/mol. The summed E-state index contributed by atoms with van der Waals surface area (Å²) < 4.78 is 22.5. The van der Waals surface area contributed by atoms with Crippen LogP contribution in [0.3, 0.4) is 0 Å². The van der Waals surface area contributed by atoms with Crippen LogP contribution in [-0.2, 0) is 16.6 Å². The van der Waals surface area contributed by atoms with E-state index in [1.165, 1.54) is 18.7 Å². The lowest BCUT2D eigenvalue weighted by Crippen LogP contribution is -2.26. The van der Waals surface area contributed by atoms with Gasteiger partial charge in [-0.3, -0.25) is 9.63 Å². The van der Waals surface area contributed by atoms with E-state index in [0.717, 1.165) is 0 Å². The lowest BCUT2D eigenvalue weighted by atomic mass is 9.93. The molecule has 0 bridgehead atoms. The van der Waals surface area contributed by atoms with Gasteiger partial charge in [-0.15, -0.1) is 0 Å². The maximum Gasteiger partial charge on any atom is 0.277 e. The fraction of sp³-hybridized carbons (Fsp3) is 0.158. The number of amides is 1. The second-order valence-electron chi connectivity index (χ2n) is 6.13. The summed E-state index contributed by atoms with van der Waals surface area (Å²) in [6.07, 6.45) is 2.70. The molecule has 0 saturated heterocycles. The molecule has 2 aromatic carbocycles. The largest absolute Gasteiger partial charge is 0.499 e. The zero-order chi connectivity index (χ0) is 21.8. The van der Waals surface area contributed by atoms with Crippen LogP contribution in [-0.4, -0.2) is 36.5 Å². The maximum atomic E-state index is 15.3. The highest BCUT2D eigenvalue weighted by molar-refractivity contribution is 9.10. The molecule has 0 unspecified atom stereocenters. The van der Waals surface area contributed by atoms with Crippen molar-refractivity contribution in [2.45, 2.75) is 0 Å². The van der Waals surface area contributed by atoms with Gasteiger partial charge in [-0.1, -0.05) is 45.6 Å². The number of nitrogens with one attached hydrogen (secondary N) is 2.